The zero-order chi connectivity index (χ0) is 9.14. The SMILES string of the molecule is C#CC(=O)c1cc(Cl)ccc1I. The van der Waals surface area contributed by atoms with Crippen molar-refractivity contribution in [3.8, 4) is 12.3 Å². The van der Waals surface area contributed by atoms with E-state index in [0.717, 1.165) is 3.57 Å². The van der Waals surface area contributed by atoms with E-state index < -0.39 is 0 Å². The molecule has 1 aromatic rings. The van der Waals surface area contributed by atoms with Gasteiger partial charge in [-0.05, 0) is 46.7 Å². The monoisotopic (exact) mass is 290 g/mol. The fraction of sp³-hybridized carbons (Fsp3) is 0. The number of terminal acetylenes is 1. The van der Waals surface area contributed by atoms with E-state index in [1.54, 1.807) is 18.2 Å². The fourth-order valence-electron chi connectivity index (χ4n) is 0.749. The topological polar surface area (TPSA) is 17.1 Å². The molecule has 0 radical (unpaired) electrons. The zero-order valence-electron chi connectivity index (χ0n) is 5.97. The molecule has 0 aliphatic rings. The summed E-state index contributed by atoms with van der Waals surface area (Å²) in [5.74, 6) is 1.72. The van der Waals surface area contributed by atoms with Crippen molar-refractivity contribution in [2.24, 2.45) is 0 Å². The van der Waals surface area contributed by atoms with Crippen LogP contribution < -0.4 is 0 Å². The van der Waals surface area contributed by atoms with Crippen molar-refractivity contribution in [2.75, 3.05) is 0 Å². The quantitative estimate of drug-likeness (QED) is 0.336. The summed E-state index contributed by atoms with van der Waals surface area (Å²) in [4.78, 5) is 11.1. The van der Waals surface area contributed by atoms with E-state index in [9.17, 15) is 4.79 Å². The van der Waals surface area contributed by atoms with Gasteiger partial charge in [0.2, 0.25) is 5.78 Å². The van der Waals surface area contributed by atoms with E-state index in [2.05, 4.69) is 0 Å². The summed E-state index contributed by atoms with van der Waals surface area (Å²) in [5.41, 5.74) is 0.491. The minimum Gasteiger partial charge on any atom is -0.279 e. The number of carbonyl (C=O) groups excluding carboxylic acids is 1. The third-order valence-electron chi connectivity index (χ3n) is 1.30. The maximum absolute atomic E-state index is 11.1. The Morgan fingerprint density at radius 3 is 2.83 bits per heavy atom. The number of hydrogen-bond acceptors (Lipinski definition) is 1. The van der Waals surface area contributed by atoms with Crippen LogP contribution in [0.2, 0.25) is 5.02 Å². The normalized spacial score (nSPS) is 9.08. The fourth-order valence-corrected chi connectivity index (χ4v) is 1.50. The lowest BCUT2D eigenvalue weighted by atomic mass is 10.1. The summed E-state index contributed by atoms with van der Waals surface area (Å²) in [5, 5.41) is 0.522. The number of carbonyl (C=O) groups is 1. The third kappa shape index (κ3) is 1.99. The summed E-state index contributed by atoms with van der Waals surface area (Å²) in [7, 11) is 0. The van der Waals surface area contributed by atoms with Crippen LogP contribution in [0, 0.1) is 15.9 Å². The van der Waals surface area contributed by atoms with E-state index >= 15 is 0 Å². The summed E-state index contributed by atoms with van der Waals surface area (Å²) >= 11 is 7.73. The highest BCUT2D eigenvalue weighted by Gasteiger charge is 2.06. The van der Waals surface area contributed by atoms with Crippen molar-refractivity contribution >= 4 is 40.0 Å². The van der Waals surface area contributed by atoms with Crippen LogP contribution in [0.25, 0.3) is 0 Å². The summed E-state index contributed by atoms with van der Waals surface area (Å²) in [6.45, 7) is 0. The molecular formula is C9H4ClIO. The highest BCUT2D eigenvalue weighted by molar-refractivity contribution is 14.1. The predicted octanol–water partition coefficient (Wildman–Crippen LogP) is 2.76. The molecule has 0 amide bonds. The van der Waals surface area contributed by atoms with Gasteiger partial charge in [-0.15, -0.1) is 6.42 Å². The van der Waals surface area contributed by atoms with E-state index in [1.165, 1.54) is 0 Å². The lowest BCUT2D eigenvalue weighted by Gasteiger charge is -1.98. The van der Waals surface area contributed by atoms with E-state index in [1.807, 2.05) is 28.5 Å². The Bertz CT molecular complexity index is 365. The maximum Gasteiger partial charge on any atom is 0.236 e. The molecule has 0 bridgehead atoms. The smallest absolute Gasteiger partial charge is 0.236 e. The largest absolute Gasteiger partial charge is 0.279 e. The molecule has 1 rings (SSSR count). The molecule has 60 valence electrons. The molecule has 0 aromatic heterocycles. The molecule has 3 heteroatoms. The Hall–Kier alpha value is -0.530. The van der Waals surface area contributed by atoms with Crippen LogP contribution in [0.15, 0.2) is 18.2 Å². The Balaban J connectivity index is 3.25. The molecule has 0 fully saturated rings. The first kappa shape index (κ1) is 9.56. The molecule has 0 spiro atoms. The van der Waals surface area contributed by atoms with Crippen LogP contribution in [0.3, 0.4) is 0 Å². The molecule has 0 atom stereocenters. The highest BCUT2D eigenvalue weighted by Crippen LogP contribution is 2.17. The standard InChI is InChI=1S/C9H4ClIO/c1-2-9(12)7-5-6(10)3-4-8(7)11/h1,3-5H. The van der Waals surface area contributed by atoms with Gasteiger partial charge in [-0.3, -0.25) is 4.79 Å². The highest BCUT2D eigenvalue weighted by atomic mass is 127. The zero-order valence-corrected chi connectivity index (χ0v) is 8.89. The van der Waals surface area contributed by atoms with Gasteiger partial charge in [0.25, 0.3) is 0 Å². The minimum absolute atomic E-state index is 0.332. The molecule has 0 saturated heterocycles. The number of hydrogen-bond donors (Lipinski definition) is 0. The van der Waals surface area contributed by atoms with Crippen molar-refractivity contribution in [3.63, 3.8) is 0 Å². The van der Waals surface area contributed by atoms with Crippen LogP contribution in [-0.2, 0) is 0 Å². The van der Waals surface area contributed by atoms with Crippen molar-refractivity contribution in [1.82, 2.24) is 0 Å². The second-order valence-corrected chi connectivity index (χ2v) is 3.70. The molecule has 1 nitrogen and oxygen atoms in total. The van der Waals surface area contributed by atoms with Crippen LogP contribution >= 0.6 is 34.2 Å². The summed E-state index contributed by atoms with van der Waals surface area (Å²) < 4.78 is 0.819. The van der Waals surface area contributed by atoms with Crippen molar-refractivity contribution in [1.29, 1.82) is 0 Å². The molecule has 0 heterocycles. The van der Waals surface area contributed by atoms with Crippen LogP contribution in [-0.4, -0.2) is 5.78 Å². The van der Waals surface area contributed by atoms with Crippen molar-refractivity contribution < 1.29 is 4.79 Å². The minimum atomic E-state index is -0.332. The lowest BCUT2D eigenvalue weighted by Crippen LogP contribution is -1.97. The molecule has 12 heavy (non-hydrogen) atoms. The summed E-state index contributed by atoms with van der Waals surface area (Å²) in [6.07, 6.45) is 4.98. The second-order valence-electron chi connectivity index (χ2n) is 2.10. The molecule has 0 aliphatic carbocycles. The number of benzene rings is 1. The van der Waals surface area contributed by atoms with Crippen molar-refractivity contribution in [3.05, 3.63) is 32.4 Å². The molecule has 0 N–H and O–H groups in total. The Morgan fingerprint density at radius 2 is 2.25 bits per heavy atom. The van der Waals surface area contributed by atoms with Crippen molar-refractivity contribution in [2.45, 2.75) is 0 Å². The average molecular weight is 290 g/mol. The lowest BCUT2D eigenvalue weighted by molar-refractivity contribution is 0.105. The molecular weight excluding hydrogens is 286 g/mol. The van der Waals surface area contributed by atoms with Gasteiger partial charge in [0.15, 0.2) is 0 Å². The Kier molecular flexibility index (Phi) is 3.12. The van der Waals surface area contributed by atoms with Crippen LogP contribution in [0.5, 0.6) is 0 Å². The number of halogens is 2. The Labute approximate surface area is 89.3 Å². The first-order valence-corrected chi connectivity index (χ1v) is 4.57. The Morgan fingerprint density at radius 1 is 1.58 bits per heavy atom. The molecule has 1 aromatic carbocycles. The van der Waals surface area contributed by atoms with Gasteiger partial charge < -0.3 is 0 Å². The maximum atomic E-state index is 11.1. The van der Waals surface area contributed by atoms with Gasteiger partial charge in [-0.25, -0.2) is 0 Å². The van der Waals surface area contributed by atoms with E-state index in [0.29, 0.717) is 10.6 Å². The second kappa shape index (κ2) is 3.92. The molecule has 0 unspecified atom stereocenters. The number of rotatable bonds is 1. The van der Waals surface area contributed by atoms with E-state index in [4.69, 9.17) is 18.0 Å². The van der Waals surface area contributed by atoms with Crippen LogP contribution in [0.4, 0.5) is 0 Å². The number of ketones is 1. The first-order chi connectivity index (χ1) is 5.65. The third-order valence-corrected chi connectivity index (χ3v) is 2.48. The first-order valence-electron chi connectivity index (χ1n) is 3.11. The van der Waals surface area contributed by atoms with Gasteiger partial charge in [-0.1, -0.05) is 11.6 Å². The predicted molar refractivity (Wildman–Crippen MR) is 57.3 cm³/mol. The summed E-state index contributed by atoms with van der Waals surface area (Å²) in [6, 6.07) is 5.05. The van der Waals surface area contributed by atoms with Gasteiger partial charge in [0.05, 0.1) is 0 Å². The molecule has 0 saturated carbocycles. The van der Waals surface area contributed by atoms with E-state index in [-0.39, 0.29) is 5.78 Å². The van der Waals surface area contributed by atoms with Gasteiger partial charge >= 0.3 is 0 Å². The van der Waals surface area contributed by atoms with Crippen LogP contribution in [0.1, 0.15) is 10.4 Å². The number of Topliss-reactive ketones (excluding diaryl/α,β-unsaturated/α-hetero) is 1. The average Bonchev–Trinajstić information content (AvgIpc) is 2.08. The van der Waals surface area contributed by atoms with Gasteiger partial charge in [0.1, 0.15) is 0 Å². The van der Waals surface area contributed by atoms with Gasteiger partial charge in [0, 0.05) is 14.2 Å². The molecule has 0 aliphatic heterocycles. The van der Waals surface area contributed by atoms with Gasteiger partial charge in [-0.2, -0.15) is 0 Å².